The van der Waals surface area contributed by atoms with E-state index >= 15 is 0 Å². The van der Waals surface area contributed by atoms with E-state index in [0.29, 0.717) is 46.2 Å². The molecule has 0 fully saturated rings. The Morgan fingerprint density at radius 3 is 1.68 bits per heavy atom. The molecule has 0 heterocycles. The van der Waals surface area contributed by atoms with E-state index in [0.717, 1.165) is 11.1 Å². The average Bonchev–Trinajstić information content (AvgIpc) is 2.90. The van der Waals surface area contributed by atoms with Gasteiger partial charge in [0.05, 0.1) is 71.0 Å². The Hall–Kier alpha value is -2.38. The lowest BCUT2D eigenvalue weighted by atomic mass is 10.2. The summed E-state index contributed by atoms with van der Waals surface area (Å²) in [6, 6.07) is 15.9. The zero-order valence-corrected chi connectivity index (χ0v) is 22.0. The number of esters is 1. The second-order valence-electron chi connectivity index (χ2n) is 7.74. The first-order chi connectivity index (χ1) is 18.0. The van der Waals surface area contributed by atoms with Gasteiger partial charge in [-0.3, -0.25) is 4.18 Å². The smallest absolute Gasteiger partial charge is 0.332 e. The fourth-order valence-electron chi connectivity index (χ4n) is 2.79. The normalized spacial score (nSPS) is 11.5. The summed E-state index contributed by atoms with van der Waals surface area (Å²) < 4.78 is 60.8. The number of hydrogen-bond acceptors (Lipinski definition) is 10. The van der Waals surface area contributed by atoms with Crippen LogP contribution in [0.1, 0.15) is 11.1 Å². The van der Waals surface area contributed by atoms with Crippen molar-refractivity contribution in [1.82, 2.24) is 0 Å². The summed E-state index contributed by atoms with van der Waals surface area (Å²) in [4.78, 5) is 11.7. The molecule has 0 N–H and O–H groups in total. The van der Waals surface area contributed by atoms with Crippen molar-refractivity contribution < 1.29 is 45.8 Å². The summed E-state index contributed by atoms with van der Waals surface area (Å²) in [6.45, 7) is 4.98. The van der Waals surface area contributed by atoms with Gasteiger partial charge in [-0.15, -0.1) is 0 Å². The van der Waals surface area contributed by atoms with Crippen molar-refractivity contribution >= 4 is 16.1 Å². The van der Waals surface area contributed by atoms with Crippen LogP contribution in [0.2, 0.25) is 0 Å². The zero-order chi connectivity index (χ0) is 26.6. The highest BCUT2D eigenvalue weighted by Crippen LogP contribution is 2.12. The monoisotopic (exact) mass is 540 g/mol. The highest BCUT2D eigenvalue weighted by atomic mass is 32.2. The minimum atomic E-state index is -3.77. The number of hydrogen-bond donors (Lipinski definition) is 0. The number of carbonyl (C=O) groups excluding carboxylic acids is 1. The SMILES string of the molecule is Cc1ccc(S(=O)(=O)OCCOCCOCCOCCOCCOCC(=O)OCc2ccccc2)cc1. The van der Waals surface area contributed by atoms with Crippen molar-refractivity contribution in [1.29, 1.82) is 0 Å². The van der Waals surface area contributed by atoms with E-state index in [2.05, 4.69) is 0 Å². The van der Waals surface area contributed by atoms with Crippen molar-refractivity contribution in [3.63, 3.8) is 0 Å². The minimum Gasteiger partial charge on any atom is -0.459 e. The third kappa shape index (κ3) is 14.8. The molecule has 0 unspecified atom stereocenters. The highest BCUT2D eigenvalue weighted by Gasteiger charge is 2.14. The quantitative estimate of drug-likeness (QED) is 0.133. The van der Waals surface area contributed by atoms with E-state index in [1.807, 2.05) is 37.3 Å². The zero-order valence-electron chi connectivity index (χ0n) is 21.2. The van der Waals surface area contributed by atoms with Gasteiger partial charge in [-0.2, -0.15) is 8.42 Å². The van der Waals surface area contributed by atoms with Gasteiger partial charge in [-0.05, 0) is 24.6 Å². The van der Waals surface area contributed by atoms with Crippen molar-refractivity contribution in [2.24, 2.45) is 0 Å². The number of aryl methyl sites for hydroxylation is 1. The first-order valence-electron chi connectivity index (χ1n) is 12.0. The lowest BCUT2D eigenvalue weighted by molar-refractivity contribution is -0.150. The number of carbonyl (C=O) groups is 1. The number of benzene rings is 2. The van der Waals surface area contributed by atoms with Crippen LogP contribution in [0.15, 0.2) is 59.5 Å². The molecule has 2 rings (SSSR count). The van der Waals surface area contributed by atoms with Crippen LogP contribution in [0.5, 0.6) is 0 Å². The Labute approximate surface area is 218 Å². The number of rotatable bonds is 21. The van der Waals surface area contributed by atoms with Gasteiger partial charge in [0.25, 0.3) is 10.1 Å². The van der Waals surface area contributed by atoms with Crippen LogP contribution in [-0.2, 0) is 54.1 Å². The minimum absolute atomic E-state index is 0.0668. The molecule has 0 aliphatic heterocycles. The second-order valence-corrected chi connectivity index (χ2v) is 9.35. The summed E-state index contributed by atoms with van der Waals surface area (Å²) in [5.74, 6) is -0.419. The fraction of sp³-hybridized carbons (Fsp3) is 0.500. The lowest BCUT2D eigenvalue weighted by Gasteiger charge is -2.08. The van der Waals surface area contributed by atoms with Crippen LogP contribution >= 0.6 is 0 Å². The molecule has 2 aromatic rings. The van der Waals surface area contributed by atoms with Gasteiger partial charge in [-0.1, -0.05) is 48.0 Å². The molecule has 206 valence electrons. The molecule has 0 bridgehead atoms. The van der Waals surface area contributed by atoms with Crippen molar-refractivity contribution in [2.45, 2.75) is 18.4 Å². The molecule has 37 heavy (non-hydrogen) atoms. The molecule has 0 aliphatic rings. The van der Waals surface area contributed by atoms with Gasteiger partial charge >= 0.3 is 5.97 Å². The maximum Gasteiger partial charge on any atom is 0.332 e. The molecule has 0 radical (unpaired) electrons. The molecule has 0 spiro atoms. The summed E-state index contributed by atoms with van der Waals surface area (Å²) in [6.07, 6.45) is 0. The topological polar surface area (TPSA) is 116 Å². The average molecular weight is 541 g/mol. The molecule has 0 saturated carbocycles. The molecular formula is C26H36O10S. The van der Waals surface area contributed by atoms with Crippen molar-refractivity contribution in [3.8, 4) is 0 Å². The Kier molecular flexibility index (Phi) is 15.7. The van der Waals surface area contributed by atoms with Crippen LogP contribution in [0.3, 0.4) is 0 Å². The van der Waals surface area contributed by atoms with Gasteiger partial charge in [0.1, 0.15) is 13.2 Å². The fourth-order valence-corrected chi connectivity index (χ4v) is 3.68. The second kappa shape index (κ2) is 18.8. The maximum atomic E-state index is 12.0. The Morgan fingerprint density at radius 2 is 1.14 bits per heavy atom. The van der Waals surface area contributed by atoms with Gasteiger partial charge in [0.15, 0.2) is 0 Å². The van der Waals surface area contributed by atoms with Gasteiger partial charge in [0, 0.05) is 0 Å². The summed E-state index contributed by atoms with van der Waals surface area (Å²) in [7, 11) is -3.77. The van der Waals surface area contributed by atoms with Gasteiger partial charge in [0.2, 0.25) is 0 Å². The van der Waals surface area contributed by atoms with Crippen LogP contribution in [-0.4, -0.2) is 87.1 Å². The molecule has 0 atom stereocenters. The van der Waals surface area contributed by atoms with E-state index in [1.165, 1.54) is 12.1 Å². The molecular weight excluding hydrogens is 504 g/mol. The lowest BCUT2D eigenvalue weighted by Crippen LogP contribution is -2.16. The third-order valence-electron chi connectivity index (χ3n) is 4.73. The van der Waals surface area contributed by atoms with E-state index in [1.54, 1.807) is 12.1 Å². The van der Waals surface area contributed by atoms with Crippen molar-refractivity contribution in [2.75, 3.05) is 72.7 Å². The Morgan fingerprint density at radius 1 is 0.649 bits per heavy atom. The van der Waals surface area contributed by atoms with Crippen molar-refractivity contribution in [3.05, 3.63) is 65.7 Å². The van der Waals surface area contributed by atoms with Gasteiger partial charge < -0.3 is 28.4 Å². The Balaban J connectivity index is 1.30. The first kappa shape index (κ1) is 30.8. The predicted molar refractivity (Wildman–Crippen MR) is 135 cm³/mol. The Bertz CT molecular complexity index is 965. The largest absolute Gasteiger partial charge is 0.459 e. The van der Waals surface area contributed by atoms with Crippen LogP contribution in [0, 0.1) is 6.92 Å². The summed E-state index contributed by atoms with van der Waals surface area (Å²) in [5, 5.41) is 0. The first-order valence-corrected chi connectivity index (χ1v) is 13.4. The van der Waals surface area contributed by atoms with E-state index in [-0.39, 0.29) is 37.9 Å². The molecule has 11 heteroatoms. The third-order valence-corrected chi connectivity index (χ3v) is 6.05. The van der Waals surface area contributed by atoms with Crippen LogP contribution in [0.4, 0.5) is 0 Å². The molecule has 0 saturated heterocycles. The van der Waals surface area contributed by atoms with Crippen LogP contribution < -0.4 is 0 Å². The molecule has 10 nitrogen and oxygen atoms in total. The van der Waals surface area contributed by atoms with E-state index in [4.69, 9.17) is 32.6 Å². The standard InChI is InChI=1S/C26H36O10S/c1-23-7-9-25(10-8-23)37(28,29)36-20-19-33-16-15-31-12-11-30-13-14-32-17-18-34-22-26(27)35-21-24-5-3-2-4-6-24/h2-10H,11-22H2,1H3. The van der Waals surface area contributed by atoms with Gasteiger partial charge in [-0.25, -0.2) is 4.79 Å². The summed E-state index contributed by atoms with van der Waals surface area (Å²) >= 11 is 0. The molecule has 0 aliphatic carbocycles. The number of ether oxygens (including phenoxy) is 6. The molecule has 0 amide bonds. The maximum absolute atomic E-state index is 12.0. The summed E-state index contributed by atoms with van der Waals surface area (Å²) in [5.41, 5.74) is 1.89. The van der Waals surface area contributed by atoms with E-state index in [9.17, 15) is 13.2 Å². The molecule has 0 aromatic heterocycles. The van der Waals surface area contributed by atoms with Crippen LogP contribution in [0.25, 0.3) is 0 Å². The molecule has 2 aromatic carbocycles. The predicted octanol–water partition coefficient (Wildman–Crippen LogP) is 2.53. The van der Waals surface area contributed by atoms with E-state index < -0.39 is 16.1 Å². The highest BCUT2D eigenvalue weighted by molar-refractivity contribution is 7.86.